The molecule has 0 N–H and O–H groups in total. The van der Waals surface area contributed by atoms with Crippen LogP contribution in [-0.4, -0.2) is 19.3 Å². The third-order valence-corrected chi connectivity index (χ3v) is 5.52. The van der Waals surface area contributed by atoms with Crippen molar-refractivity contribution in [2.75, 3.05) is 7.11 Å². The second kappa shape index (κ2) is 8.18. The number of hydrogen-bond acceptors (Lipinski definition) is 3. The maximum absolute atomic E-state index is 14.3. The Hall–Kier alpha value is -1.74. The smallest absolute Gasteiger partial charge is 0.426 e. The van der Waals surface area contributed by atoms with Crippen LogP contribution in [0.2, 0.25) is 0 Å². The zero-order valence-corrected chi connectivity index (χ0v) is 16.8. The molecule has 0 radical (unpaired) electrons. The van der Waals surface area contributed by atoms with Crippen LogP contribution < -0.4 is 0 Å². The normalized spacial score (nSPS) is 21.3. The molecule has 1 saturated carbocycles. The highest BCUT2D eigenvalue weighted by Crippen LogP contribution is 2.60. The van der Waals surface area contributed by atoms with Crippen LogP contribution in [0.15, 0.2) is 11.1 Å². The molecule has 1 aromatic carbocycles. The lowest BCUT2D eigenvalue weighted by Gasteiger charge is -2.14. The van der Waals surface area contributed by atoms with Gasteiger partial charge >= 0.3 is 12.1 Å². The van der Waals surface area contributed by atoms with Crippen molar-refractivity contribution < 1.29 is 40.6 Å². The molecule has 2 atom stereocenters. The predicted molar refractivity (Wildman–Crippen MR) is 92.3 cm³/mol. The molecule has 0 bridgehead atoms. The van der Waals surface area contributed by atoms with Gasteiger partial charge in [-0.3, -0.25) is 4.79 Å². The molecule has 2 rings (SSSR count). The van der Waals surface area contributed by atoms with Crippen LogP contribution in [0.25, 0.3) is 0 Å². The number of benzene rings is 1. The first-order chi connectivity index (χ1) is 13.2. The van der Waals surface area contributed by atoms with E-state index in [2.05, 4.69) is 4.74 Å². The number of allylic oxidation sites excluding steroid dienone is 2. The summed E-state index contributed by atoms with van der Waals surface area (Å²) in [5, 5.41) is -1.36. The van der Waals surface area contributed by atoms with Crippen molar-refractivity contribution in [1.29, 1.82) is 0 Å². The van der Waals surface area contributed by atoms with Crippen molar-refractivity contribution in [3.63, 3.8) is 0 Å². The van der Waals surface area contributed by atoms with Gasteiger partial charge in [0.2, 0.25) is 0 Å². The molecule has 0 aromatic heterocycles. The van der Waals surface area contributed by atoms with Crippen LogP contribution >= 0.6 is 11.6 Å². The van der Waals surface area contributed by atoms with Gasteiger partial charge in [0.25, 0.3) is 0 Å². The summed E-state index contributed by atoms with van der Waals surface area (Å²) in [5.74, 6) is -6.57. The molecule has 1 aromatic rings. The molecular formula is C19H19ClF6O3. The van der Waals surface area contributed by atoms with Gasteiger partial charge in [-0.25, -0.2) is 13.2 Å². The predicted octanol–water partition coefficient (Wildman–Crippen LogP) is 5.56. The summed E-state index contributed by atoms with van der Waals surface area (Å²) in [6.45, 7) is 3.03. The largest absolute Gasteiger partial charge is 0.460 e. The van der Waals surface area contributed by atoms with Crippen LogP contribution in [0.4, 0.5) is 26.3 Å². The minimum Gasteiger partial charge on any atom is -0.460 e. The molecule has 0 amide bonds. The first-order valence-corrected chi connectivity index (χ1v) is 8.87. The summed E-state index contributed by atoms with van der Waals surface area (Å²) in [7, 11) is 1.19. The molecule has 162 valence electrons. The number of carbonyl (C=O) groups is 1. The number of carbonyl (C=O) groups excluding carboxylic acids is 1. The lowest BCUT2D eigenvalue weighted by Crippen LogP contribution is -2.14. The average molecular weight is 445 g/mol. The number of methoxy groups -OCH3 is 1. The fourth-order valence-electron chi connectivity index (χ4n) is 3.25. The molecule has 0 unspecified atom stereocenters. The van der Waals surface area contributed by atoms with Crippen molar-refractivity contribution in [3.8, 4) is 0 Å². The third kappa shape index (κ3) is 4.55. The monoisotopic (exact) mass is 444 g/mol. The van der Waals surface area contributed by atoms with Gasteiger partial charge in [0.15, 0.2) is 11.6 Å². The molecule has 0 heterocycles. The van der Waals surface area contributed by atoms with E-state index in [0.29, 0.717) is 0 Å². The van der Waals surface area contributed by atoms with Crippen molar-refractivity contribution in [2.45, 2.75) is 40.2 Å². The van der Waals surface area contributed by atoms with Gasteiger partial charge in [0, 0.05) is 12.7 Å². The molecule has 29 heavy (non-hydrogen) atoms. The van der Waals surface area contributed by atoms with Gasteiger partial charge in [-0.1, -0.05) is 31.5 Å². The van der Waals surface area contributed by atoms with Crippen LogP contribution in [0, 0.1) is 41.6 Å². The molecule has 0 aliphatic heterocycles. The van der Waals surface area contributed by atoms with Crippen LogP contribution in [0.5, 0.6) is 0 Å². The van der Waals surface area contributed by atoms with Crippen molar-refractivity contribution in [3.05, 3.63) is 45.3 Å². The van der Waals surface area contributed by atoms with E-state index in [9.17, 15) is 31.1 Å². The van der Waals surface area contributed by atoms with E-state index in [-0.39, 0.29) is 5.56 Å². The molecule has 10 heteroatoms. The third-order valence-electron chi connectivity index (χ3n) is 5.18. The van der Waals surface area contributed by atoms with Gasteiger partial charge in [-0.05, 0) is 23.8 Å². The summed E-state index contributed by atoms with van der Waals surface area (Å²) in [5.41, 5.74) is -2.20. The van der Waals surface area contributed by atoms with Crippen LogP contribution in [0.1, 0.15) is 30.5 Å². The number of ether oxygens (including phenoxy) is 2. The van der Waals surface area contributed by atoms with Crippen LogP contribution in [-0.2, 0) is 27.5 Å². The molecule has 1 aliphatic rings. The summed E-state index contributed by atoms with van der Waals surface area (Å²) in [6.07, 6.45) is -4.01. The van der Waals surface area contributed by atoms with Gasteiger partial charge < -0.3 is 9.47 Å². The zero-order chi connectivity index (χ0) is 22.3. The van der Waals surface area contributed by atoms with Gasteiger partial charge in [-0.2, -0.15) is 13.2 Å². The van der Waals surface area contributed by atoms with E-state index in [1.54, 1.807) is 13.8 Å². The quantitative estimate of drug-likeness (QED) is 0.327. The Balaban J connectivity index is 2.18. The Morgan fingerprint density at radius 1 is 1.10 bits per heavy atom. The van der Waals surface area contributed by atoms with E-state index in [1.165, 1.54) is 14.0 Å². The van der Waals surface area contributed by atoms with E-state index in [0.717, 1.165) is 6.08 Å². The van der Waals surface area contributed by atoms with E-state index in [4.69, 9.17) is 16.3 Å². The Bertz CT molecular complexity index is 818. The SMILES string of the molecule is COCc1c(F)c(C)c(COC(=O)[C@@H]2[C@H](/C=C(\Cl)C(F)(F)F)C2(C)C)c(F)c1F. The first-order valence-electron chi connectivity index (χ1n) is 8.50. The first kappa shape index (κ1) is 23.5. The van der Waals surface area contributed by atoms with E-state index in [1.807, 2.05) is 0 Å². The molecule has 1 aliphatic carbocycles. The molecule has 3 nitrogen and oxygen atoms in total. The fraction of sp³-hybridized carbons (Fsp3) is 0.526. The fourth-order valence-corrected chi connectivity index (χ4v) is 3.39. The molecule has 0 saturated heterocycles. The average Bonchev–Trinajstić information content (AvgIpc) is 3.16. The Kier molecular flexibility index (Phi) is 6.64. The topological polar surface area (TPSA) is 35.5 Å². The summed E-state index contributed by atoms with van der Waals surface area (Å²) in [4.78, 5) is 12.3. The number of rotatable bonds is 6. The lowest BCUT2D eigenvalue weighted by atomic mass is 10.0. The summed E-state index contributed by atoms with van der Waals surface area (Å²) < 4.78 is 90.0. The minimum absolute atomic E-state index is 0.254. The highest BCUT2D eigenvalue weighted by Gasteiger charge is 2.62. The second-order valence-corrected chi connectivity index (χ2v) is 7.81. The number of hydrogen-bond donors (Lipinski definition) is 0. The highest BCUT2D eigenvalue weighted by molar-refractivity contribution is 6.30. The summed E-state index contributed by atoms with van der Waals surface area (Å²) >= 11 is 5.22. The second-order valence-electron chi connectivity index (χ2n) is 7.40. The summed E-state index contributed by atoms with van der Waals surface area (Å²) in [6, 6.07) is 0. The Morgan fingerprint density at radius 2 is 1.66 bits per heavy atom. The number of alkyl halides is 3. The van der Waals surface area contributed by atoms with Crippen molar-refractivity contribution >= 4 is 17.6 Å². The molecule has 1 fully saturated rings. The van der Waals surface area contributed by atoms with E-state index >= 15 is 0 Å². The van der Waals surface area contributed by atoms with Crippen LogP contribution in [0.3, 0.4) is 0 Å². The van der Waals surface area contributed by atoms with Gasteiger partial charge in [-0.15, -0.1) is 0 Å². The minimum atomic E-state index is -4.74. The Morgan fingerprint density at radius 3 is 2.17 bits per heavy atom. The Labute approximate surface area is 168 Å². The maximum Gasteiger partial charge on any atom is 0.426 e. The molecule has 0 spiro atoms. The van der Waals surface area contributed by atoms with Crippen molar-refractivity contribution in [2.24, 2.45) is 17.3 Å². The highest BCUT2D eigenvalue weighted by atomic mass is 35.5. The maximum atomic E-state index is 14.3. The van der Waals surface area contributed by atoms with Crippen molar-refractivity contribution in [1.82, 2.24) is 0 Å². The molecular weight excluding hydrogens is 426 g/mol. The van der Waals surface area contributed by atoms with E-state index < -0.39 is 76.2 Å². The lowest BCUT2D eigenvalue weighted by molar-refractivity contribution is -0.147. The zero-order valence-electron chi connectivity index (χ0n) is 16.0. The standard InChI is InChI=1S/C19H19ClF6O3/c1-8-9(15(22)16(23)10(6-28-4)14(8)21)7-29-17(27)13-11(18(13,2)3)5-12(20)19(24,25)26/h5,11,13H,6-7H2,1-4H3/b12-5-/t11-,13-/m0/s1. The van der Waals surface area contributed by atoms with Gasteiger partial charge in [0.05, 0.1) is 18.1 Å². The number of esters is 1. The van der Waals surface area contributed by atoms with Gasteiger partial charge in [0.1, 0.15) is 17.5 Å². The number of halogens is 7.